The standard InChI is InChI=1S/C16H27NO2/c1-6-11-18-14-9-7-13(8-10-14)15(17-5)12-19-16(2,3)4/h7-10,15,17H,6,11-12H2,1-5H3. The molecule has 1 atom stereocenters. The molecule has 0 spiro atoms. The minimum atomic E-state index is -0.112. The summed E-state index contributed by atoms with van der Waals surface area (Å²) in [6.07, 6.45) is 1.03. The Kier molecular flexibility index (Phi) is 6.32. The lowest BCUT2D eigenvalue weighted by Gasteiger charge is -2.24. The van der Waals surface area contributed by atoms with Crippen LogP contribution in [0.2, 0.25) is 0 Å². The first-order chi connectivity index (χ1) is 8.96. The maximum absolute atomic E-state index is 5.84. The van der Waals surface area contributed by atoms with Gasteiger partial charge in [-0.3, -0.25) is 0 Å². The van der Waals surface area contributed by atoms with Gasteiger partial charge in [0.15, 0.2) is 0 Å². The zero-order valence-electron chi connectivity index (χ0n) is 12.8. The maximum Gasteiger partial charge on any atom is 0.119 e. The van der Waals surface area contributed by atoms with Crippen molar-refractivity contribution in [2.45, 2.75) is 45.8 Å². The van der Waals surface area contributed by atoms with Crippen LogP contribution in [0.1, 0.15) is 45.7 Å². The molecule has 108 valence electrons. The molecule has 0 aliphatic heterocycles. The summed E-state index contributed by atoms with van der Waals surface area (Å²) in [6, 6.07) is 8.44. The average Bonchev–Trinajstić information content (AvgIpc) is 2.37. The minimum absolute atomic E-state index is 0.112. The predicted molar refractivity (Wildman–Crippen MR) is 79.7 cm³/mol. The molecule has 0 aliphatic rings. The smallest absolute Gasteiger partial charge is 0.119 e. The molecule has 0 heterocycles. The Balaban J connectivity index is 2.60. The Morgan fingerprint density at radius 3 is 2.26 bits per heavy atom. The zero-order valence-corrected chi connectivity index (χ0v) is 12.8. The van der Waals surface area contributed by atoms with Gasteiger partial charge in [0.25, 0.3) is 0 Å². The van der Waals surface area contributed by atoms with Crippen molar-refractivity contribution in [3.63, 3.8) is 0 Å². The van der Waals surface area contributed by atoms with Crippen LogP contribution in [0.15, 0.2) is 24.3 Å². The van der Waals surface area contributed by atoms with Crippen LogP contribution in [-0.4, -0.2) is 25.9 Å². The number of rotatable bonds is 7. The third-order valence-corrected chi connectivity index (χ3v) is 2.79. The van der Waals surface area contributed by atoms with Crippen molar-refractivity contribution in [1.82, 2.24) is 5.32 Å². The van der Waals surface area contributed by atoms with Gasteiger partial charge in [-0.2, -0.15) is 0 Å². The van der Waals surface area contributed by atoms with Gasteiger partial charge < -0.3 is 14.8 Å². The van der Waals surface area contributed by atoms with Crippen molar-refractivity contribution in [3.05, 3.63) is 29.8 Å². The molecule has 3 nitrogen and oxygen atoms in total. The fraction of sp³-hybridized carbons (Fsp3) is 0.625. The van der Waals surface area contributed by atoms with E-state index in [2.05, 4.69) is 45.1 Å². The summed E-state index contributed by atoms with van der Waals surface area (Å²) in [7, 11) is 1.96. The van der Waals surface area contributed by atoms with E-state index in [1.54, 1.807) is 0 Å². The highest BCUT2D eigenvalue weighted by Gasteiger charge is 2.15. The molecule has 0 amide bonds. The van der Waals surface area contributed by atoms with Crippen molar-refractivity contribution in [2.24, 2.45) is 0 Å². The van der Waals surface area contributed by atoms with Crippen molar-refractivity contribution in [2.75, 3.05) is 20.3 Å². The molecule has 0 fully saturated rings. The fourth-order valence-electron chi connectivity index (χ4n) is 1.70. The van der Waals surface area contributed by atoms with E-state index in [4.69, 9.17) is 9.47 Å². The van der Waals surface area contributed by atoms with Crippen LogP contribution >= 0.6 is 0 Å². The summed E-state index contributed by atoms with van der Waals surface area (Å²) in [5.41, 5.74) is 1.11. The molecule has 1 aromatic carbocycles. The van der Waals surface area contributed by atoms with Crippen molar-refractivity contribution in [3.8, 4) is 5.75 Å². The highest BCUT2D eigenvalue weighted by atomic mass is 16.5. The molecule has 0 radical (unpaired) electrons. The number of benzene rings is 1. The molecule has 1 unspecified atom stereocenters. The molecule has 3 heteroatoms. The number of nitrogens with one attached hydrogen (secondary N) is 1. The molecule has 0 bridgehead atoms. The third-order valence-electron chi connectivity index (χ3n) is 2.79. The Morgan fingerprint density at radius 1 is 1.16 bits per heavy atom. The molecule has 1 N–H and O–H groups in total. The van der Waals surface area contributed by atoms with Gasteiger partial charge >= 0.3 is 0 Å². The Bertz CT molecular complexity index is 354. The SMILES string of the molecule is CCCOc1ccc(C(COC(C)(C)C)NC)cc1. The van der Waals surface area contributed by atoms with Gasteiger partial charge in [-0.1, -0.05) is 19.1 Å². The molecular weight excluding hydrogens is 238 g/mol. The minimum Gasteiger partial charge on any atom is -0.494 e. The van der Waals surface area contributed by atoms with E-state index in [9.17, 15) is 0 Å². The summed E-state index contributed by atoms with van der Waals surface area (Å²) < 4.78 is 11.4. The summed E-state index contributed by atoms with van der Waals surface area (Å²) >= 11 is 0. The van der Waals surface area contributed by atoms with E-state index in [1.165, 1.54) is 5.56 Å². The van der Waals surface area contributed by atoms with E-state index in [1.807, 2.05) is 19.2 Å². The van der Waals surface area contributed by atoms with E-state index in [0.717, 1.165) is 18.8 Å². The lowest BCUT2D eigenvalue weighted by Crippen LogP contribution is -2.28. The monoisotopic (exact) mass is 265 g/mol. The molecular formula is C16H27NO2. The topological polar surface area (TPSA) is 30.5 Å². The van der Waals surface area contributed by atoms with Gasteiger partial charge in [0.2, 0.25) is 0 Å². The third kappa shape index (κ3) is 6.08. The van der Waals surface area contributed by atoms with Gasteiger partial charge in [0.1, 0.15) is 5.75 Å². The van der Waals surface area contributed by atoms with Crippen LogP contribution in [0.25, 0.3) is 0 Å². The lowest BCUT2D eigenvalue weighted by atomic mass is 10.1. The number of hydrogen-bond acceptors (Lipinski definition) is 3. The van der Waals surface area contributed by atoms with E-state index < -0.39 is 0 Å². The van der Waals surface area contributed by atoms with E-state index in [-0.39, 0.29) is 11.6 Å². The number of ether oxygens (including phenoxy) is 2. The van der Waals surface area contributed by atoms with Gasteiger partial charge in [0, 0.05) is 0 Å². The lowest BCUT2D eigenvalue weighted by molar-refractivity contribution is -0.0139. The van der Waals surface area contributed by atoms with Gasteiger partial charge in [-0.05, 0) is 51.9 Å². The highest BCUT2D eigenvalue weighted by Crippen LogP contribution is 2.20. The van der Waals surface area contributed by atoms with E-state index >= 15 is 0 Å². The van der Waals surface area contributed by atoms with Crippen LogP contribution < -0.4 is 10.1 Å². The molecule has 0 saturated carbocycles. The van der Waals surface area contributed by atoms with Crippen molar-refractivity contribution in [1.29, 1.82) is 0 Å². The summed E-state index contributed by atoms with van der Waals surface area (Å²) in [5, 5.41) is 3.29. The summed E-state index contributed by atoms with van der Waals surface area (Å²) in [6.45, 7) is 9.75. The predicted octanol–water partition coefficient (Wildman–Crippen LogP) is 3.55. The molecule has 0 saturated heterocycles. The largest absolute Gasteiger partial charge is 0.494 e. The number of hydrogen-bond donors (Lipinski definition) is 1. The second-order valence-electron chi connectivity index (χ2n) is 5.68. The van der Waals surface area contributed by atoms with Crippen molar-refractivity contribution >= 4 is 0 Å². The second kappa shape index (κ2) is 7.51. The molecule has 1 aromatic rings. The average molecular weight is 265 g/mol. The molecule has 1 rings (SSSR count). The van der Waals surface area contributed by atoms with Gasteiger partial charge in [0.05, 0.1) is 24.9 Å². The van der Waals surface area contributed by atoms with Crippen LogP contribution in [-0.2, 0) is 4.74 Å². The van der Waals surface area contributed by atoms with Crippen LogP contribution in [0.4, 0.5) is 0 Å². The maximum atomic E-state index is 5.84. The number of likely N-dealkylation sites (N-methyl/N-ethyl adjacent to an activating group) is 1. The Labute approximate surface area is 117 Å². The van der Waals surface area contributed by atoms with Crippen LogP contribution in [0, 0.1) is 0 Å². The van der Waals surface area contributed by atoms with Gasteiger partial charge in [-0.25, -0.2) is 0 Å². The van der Waals surface area contributed by atoms with E-state index in [0.29, 0.717) is 6.61 Å². The van der Waals surface area contributed by atoms with Crippen LogP contribution in [0.3, 0.4) is 0 Å². The van der Waals surface area contributed by atoms with Crippen molar-refractivity contribution < 1.29 is 9.47 Å². The molecule has 0 aromatic heterocycles. The molecule has 19 heavy (non-hydrogen) atoms. The first-order valence-electron chi connectivity index (χ1n) is 7.00. The highest BCUT2D eigenvalue weighted by molar-refractivity contribution is 5.29. The fourth-order valence-corrected chi connectivity index (χ4v) is 1.70. The van der Waals surface area contributed by atoms with Crippen LogP contribution in [0.5, 0.6) is 5.75 Å². The first kappa shape index (κ1) is 16.0. The Morgan fingerprint density at radius 2 is 1.79 bits per heavy atom. The van der Waals surface area contributed by atoms with Gasteiger partial charge in [-0.15, -0.1) is 0 Å². The molecule has 0 aliphatic carbocycles. The summed E-state index contributed by atoms with van der Waals surface area (Å²) in [5.74, 6) is 0.928. The normalized spacial score (nSPS) is 13.3. The quantitative estimate of drug-likeness (QED) is 0.818. The zero-order chi connectivity index (χ0) is 14.3. The summed E-state index contributed by atoms with van der Waals surface area (Å²) in [4.78, 5) is 0. The first-order valence-corrected chi connectivity index (χ1v) is 7.00. The second-order valence-corrected chi connectivity index (χ2v) is 5.68. The Hall–Kier alpha value is -1.06.